The van der Waals surface area contributed by atoms with E-state index in [1.165, 1.54) is 11.1 Å². The molecule has 33 heavy (non-hydrogen) atoms. The van der Waals surface area contributed by atoms with Crippen molar-refractivity contribution in [1.29, 1.82) is 0 Å². The lowest BCUT2D eigenvalue weighted by molar-refractivity contribution is -0.137. The van der Waals surface area contributed by atoms with Crippen molar-refractivity contribution in [3.05, 3.63) is 29.3 Å². The van der Waals surface area contributed by atoms with Gasteiger partial charge in [-0.2, -0.15) is 0 Å². The van der Waals surface area contributed by atoms with Gasteiger partial charge < -0.3 is 10.1 Å². The smallest absolute Gasteiger partial charge is 0.414 e. The van der Waals surface area contributed by atoms with Crippen molar-refractivity contribution in [3.8, 4) is 0 Å². The zero-order valence-corrected chi connectivity index (χ0v) is 19.1. The molecule has 8 heteroatoms. The topological polar surface area (TPSA) is 91.0 Å². The summed E-state index contributed by atoms with van der Waals surface area (Å²) < 4.78 is 5.52. The first-order valence-corrected chi connectivity index (χ1v) is 12.4. The van der Waals surface area contributed by atoms with Crippen LogP contribution >= 0.6 is 0 Å². The molecule has 3 amide bonds. The number of benzene rings is 1. The Morgan fingerprint density at radius 1 is 1.21 bits per heavy atom. The summed E-state index contributed by atoms with van der Waals surface area (Å²) >= 11 is 0. The standard InChI is InChI=1S/C25H32N4O4/c1-25-10-2-3-17-11-18(28-13-19(33-24(28)32)12-26-22(30)15-4-5-15)8-9-20(17)21(25)29(27-14-25)23(31)16-6-7-16/h8-9,11,15-16,19,21,27H,2-7,10,12-14H2,1H3,(H,26,30)/t19-,21?,25?/m0/s1. The average molecular weight is 453 g/mol. The van der Waals surface area contributed by atoms with Gasteiger partial charge in [-0.3, -0.25) is 19.5 Å². The van der Waals surface area contributed by atoms with Gasteiger partial charge in [0.1, 0.15) is 6.10 Å². The Hall–Kier alpha value is -2.61. The van der Waals surface area contributed by atoms with Crippen LogP contribution in [0.15, 0.2) is 18.2 Å². The quantitative estimate of drug-likeness (QED) is 0.717. The van der Waals surface area contributed by atoms with Crippen LogP contribution in [-0.2, 0) is 20.7 Å². The number of hydrazine groups is 1. The second-order valence-corrected chi connectivity index (χ2v) is 10.7. The molecular formula is C25H32N4O4. The average Bonchev–Trinajstić information content (AvgIpc) is 3.71. The summed E-state index contributed by atoms with van der Waals surface area (Å²) in [7, 11) is 0. The van der Waals surface area contributed by atoms with Crippen molar-refractivity contribution >= 4 is 23.6 Å². The molecule has 8 nitrogen and oxygen atoms in total. The lowest BCUT2D eigenvalue weighted by Gasteiger charge is -2.34. The third-order valence-corrected chi connectivity index (χ3v) is 7.99. The Kier molecular flexibility index (Phi) is 4.90. The second-order valence-electron chi connectivity index (χ2n) is 10.7. The van der Waals surface area contributed by atoms with E-state index in [0.29, 0.717) is 13.1 Å². The van der Waals surface area contributed by atoms with Gasteiger partial charge in [0.05, 0.1) is 19.1 Å². The first-order chi connectivity index (χ1) is 15.9. The lowest BCUT2D eigenvalue weighted by Crippen LogP contribution is -2.40. The van der Waals surface area contributed by atoms with E-state index >= 15 is 0 Å². The maximum atomic E-state index is 13.0. The number of nitrogens with zero attached hydrogens (tertiary/aromatic N) is 2. The number of ether oxygens (including phenoxy) is 1. The van der Waals surface area contributed by atoms with Crippen molar-refractivity contribution in [2.75, 3.05) is 24.5 Å². The molecule has 5 aliphatic rings. The molecule has 2 aliphatic heterocycles. The fourth-order valence-electron chi connectivity index (χ4n) is 5.71. The van der Waals surface area contributed by atoms with Crippen LogP contribution in [0.3, 0.4) is 0 Å². The number of anilines is 1. The number of carbonyl (C=O) groups is 3. The molecule has 176 valence electrons. The zero-order chi connectivity index (χ0) is 22.7. The van der Waals surface area contributed by atoms with Gasteiger partial charge in [0, 0.05) is 29.5 Å². The molecule has 0 bridgehead atoms. The molecule has 2 saturated carbocycles. The zero-order valence-electron chi connectivity index (χ0n) is 19.1. The highest BCUT2D eigenvalue weighted by Crippen LogP contribution is 2.50. The summed E-state index contributed by atoms with van der Waals surface area (Å²) in [6, 6.07) is 6.21. The van der Waals surface area contributed by atoms with Gasteiger partial charge in [-0.05, 0) is 68.2 Å². The molecule has 3 aliphatic carbocycles. The second kappa shape index (κ2) is 7.72. The molecule has 6 rings (SSSR count). The van der Waals surface area contributed by atoms with Crippen LogP contribution in [0.2, 0.25) is 0 Å². The summed E-state index contributed by atoms with van der Waals surface area (Å²) in [6.07, 6.45) is 6.23. The number of cyclic esters (lactones) is 1. The Labute approximate surface area is 194 Å². The van der Waals surface area contributed by atoms with Crippen LogP contribution in [0, 0.1) is 17.3 Å². The van der Waals surface area contributed by atoms with E-state index < -0.39 is 0 Å². The first kappa shape index (κ1) is 21.0. The summed E-state index contributed by atoms with van der Waals surface area (Å²) in [6.45, 7) is 3.88. The number of rotatable bonds is 5. The molecule has 2 saturated heterocycles. The van der Waals surface area contributed by atoms with Crippen LogP contribution < -0.4 is 15.6 Å². The third kappa shape index (κ3) is 3.78. The molecule has 2 heterocycles. The summed E-state index contributed by atoms with van der Waals surface area (Å²) in [5.74, 6) is 0.598. The van der Waals surface area contributed by atoms with Crippen LogP contribution in [0.5, 0.6) is 0 Å². The van der Waals surface area contributed by atoms with Gasteiger partial charge in [-0.15, -0.1) is 0 Å². The number of aryl methyl sites for hydroxylation is 1. The van der Waals surface area contributed by atoms with Crippen molar-refractivity contribution < 1.29 is 19.1 Å². The Morgan fingerprint density at radius 3 is 2.76 bits per heavy atom. The maximum Gasteiger partial charge on any atom is 0.414 e. The van der Waals surface area contributed by atoms with E-state index in [1.807, 2.05) is 11.1 Å². The summed E-state index contributed by atoms with van der Waals surface area (Å²) in [4.78, 5) is 39.2. The molecule has 2 unspecified atom stereocenters. The van der Waals surface area contributed by atoms with Crippen LogP contribution in [0.25, 0.3) is 0 Å². The first-order valence-electron chi connectivity index (χ1n) is 12.4. The minimum atomic E-state index is -0.368. The van der Waals surface area contributed by atoms with Crippen molar-refractivity contribution in [3.63, 3.8) is 0 Å². The summed E-state index contributed by atoms with van der Waals surface area (Å²) in [5, 5.41) is 4.82. The van der Waals surface area contributed by atoms with E-state index in [1.54, 1.807) is 4.90 Å². The molecule has 0 aromatic heterocycles. The van der Waals surface area contributed by atoms with Crippen molar-refractivity contribution in [2.45, 2.75) is 64.0 Å². The van der Waals surface area contributed by atoms with Gasteiger partial charge in [0.15, 0.2) is 0 Å². The molecule has 0 spiro atoms. The number of hydrogen-bond acceptors (Lipinski definition) is 5. The molecule has 0 radical (unpaired) electrons. The molecule has 1 aromatic rings. The Morgan fingerprint density at radius 2 is 2.00 bits per heavy atom. The van der Waals surface area contributed by atoms with Crippen LogP contribution in [0.1, 0.15) is 62.6 Å². The monoisotopic (exact) mass is 452 g/mol. The third-order valence-electron chi connectivity index (χ3n) is 7.99. The van der Waals surface area contributed by atoms with E-state index in [9.17, 15) is 14.4 Å². The molecular weight excluding hydrogens is 420 g/mol. The van der Waals surface area contributed by atoms with Crippen LogP contribution in [-0.4, -0.2) is 48.7 Å². The number of hydrogen-bond donors (Lipinski definition) is 2. The molecule has 2 N–H and O–H groups in total. The van der Waals surface area contributed by atoms with Crippen molar-refractivity contribution in [2.24, 2.45) is 17.3 Å². The minimum absolute atomic E-state index is 0.00868. The maximum absolute atomic E-state index is 13.0. The van der Waals surface area contributed by atoms with Crippen molar-refractivity contribution in [1.82, 2.24) is 15.8 Å². The van der Waals surface area contributed by atoms with E-state index in [2.05, 4.69) is 29.8 Å². The van der Waals surface area contributed by atoms with Gasteiger partial charge in [0.25, 0.3) is 0 Å². The Bertz CT molecular complexity index is 1000. The van der Waals surface area contributed by atoms with E-state index in [4.69, 9.17) is 4.74 Å². The Balaban J connectivity index is 1.22. The van der Waals surface area contributed by atoms with Gasteiger partial charge in [0.2, 0.25) is 11.8 Å². The van der Waals surface area contributed by atoms with Gasteiger partial charge in [-0.25, -0.2) is 10.2 Å². The largest absolute Gasteiger partial charge is 0.442 e. The normalized spacial score (nSPS) is 31.0. The number of carbonyl (C=O) groups excluding carboxylic acids is 3. The highest BCUT2D eigenvalue weighted by Gasteiger charge is 2.50. The predicted octanol–water partition coefficient (Wildman–Crippen LogP) is 2.68. The lowest BCUT2D eigenvalue weighted by atomic mass is 9.77. The highest BCUT2D eigenvalue weighted by atomic mass is 16.6. The summed E-state index contributed by atoms with van der Waals surface area (Å²) in [5.41, 5.74) is 6.64. The van der Waals surface area contributed by atoms with E-state index in [-0.39, 0.29) is 47.3 Å². The fraction of sp³-hybridized carbons (Fsp3) is 0.640. The molecule has 1 aromatic carbocycles. The molecule has 4 fully saturated rings. The van der Waals surface area contributed by atoms with Gasteiger partial charge in [-0.1, -0.05) is 13.0 Å². The van der Waals surface area contributed by atoms with E-state index in [0.717, 1.165) is 57.2 Å². The number of fused-ring (bicyclic) bond motifs is 3. The van der Waals surface area contributed by atoms with Crippen LogP contribution in [0.4, 0.5) is 10.5 Å². The van der Waals surface area contributed by atoms with Gasteiger partial charge >= 0.3 is 6.09 Å². The fourth-order valence-corrected chi connectivity index (χ4v) is 5.71. The molecule has 3 atom stereocenters. The number of nitrogens with one attached hydrogen (secondary N) is 2. The predicted molar refractivity (Wildman–Crippen MR) is 121 cm³/mol. The SMILES string of the molecule is CC12CCCc3cc(N4C[C@H](CNC(=O)C5CC5)OC4=O)ccc3C1N(C(=O)C1CC1)NC2. The minimum Gasteiger partial charge on any atom is -0.442 e. The number of amides is 3. The highest BCUT2D eigenvalue weighted by molar-refractivity contribution is 5.90.